The molecular formula is C21H18N4O3. The summed E-state index contributed by atoms with van der Waals surface area (Å²) < 4.78 is 7.02. The maximum Gasteiger partial charge on any atom is 0.292 e. The molecule has 140 valence electrons. The molecular weight excluding hydrogens is 356 g/mol. The van der Waals surface area contributed by atoms with Gasteiger partial charge in [-0.05, 0) is 32.0 Å². The van der Waals surface area contributed by atoms with Gasteiger partial charge in [-0.2, -0.15) is 10.2 Å². The number of furan rings is 1. The maximum atomic E-state index is 12.7. The Labute approximate surface area is 160 Å². The van der Waals surface area contributed by atoms with Crippen LogP contribution in [0.2, 0.25) is 0 Å². The van der Waals surface area contributed by atoms with E-state index in [2.05, 4.69) is 15.6 Å². The molecule has 0 saturated carbocycles. The number of hydrogen-bond donors (Lipinski definition) is 1. The van der Waals surface area contributed by atoms with Crippen LogP contribution in [0.15, 0.2) is 68.9 Å². The molecule has 7 heteroatoms. The highest BCUT2D eigenvalue weighted by molar-refractivity contribution is 6.06. The molecule has 0 unspecified atom stereocenters. The highest BCUT2D eigenvalue weighted by Gasteiger charge is 2.16. The van der Waals surface area contributed by atoms with Crippen molar-refractivity contribution in [2.24, 2.45) is 5.10 Å². The third-order valence-electron chi connectivity index (χ3n) is 4.49. The van der Waals surface area contributed by atoms with Gasteiger partial charge in [0.25, 0.3) is 11.5 Å². The predicted molar refractivity (Wildman–Crippen MR) is 108 cm³/mol. The standard InChI is InChI=1S/C21H18N4O3/c1-3-25-21(27)16-10-6-5-9-15(16)19(24-25)20(26)23-22-13(2)18-12-14-8-4-7-11-17(14)28-18/h4-12H,3H2,1-2H3,(H,23,26). The molecule has 0 aliphatic rings. The SMILES string of the molecule is CCn1nc(C(=O)NN=C(C)c2cc3ccccc3o2)c2ccccc2c1=O. The summed E-state index contributed by atoms with van der Waals surface area (Å²) in [6.07, 6.45) is 0. The first-order valence-corrected chi connectivity index (χ1v) is 8.92. The monoisotopic (exact) mass is 374 g/mol. The lowest BCUT2D eigenvalue weighted by atomic mass is 10.1. The summed E-state index contributed by atoms with van der Waals surface area (Å²) >= 11 is 0. The van der Waals surface area contributed by atoms with E-state index in [1.165, 1.54) is 4.68 Å². The fourth-order valence-electron chi connectivity index (χ4n) is 3.02. The molecule has 0 saturated heterocycles. The molecule has 0 aliphatic carbocycles. The second-order valence-corrected chi connectivity index (χ2v) is 6.30. The van der Waals surface area contributed by atoms with Gasteiger partial charge in [0.2, 0.25) is 0 Å². The molecule has 1 N–H and O–H groups in total. The Morgan fingerprint density at radius 1 is 1.14 bits per heavy atom. The number of aromatic nitrogens is 2. The van der Waals surface area contributed by atoms with Crippen molar-refractivity contribution >= 4 is 33.4 Å². The fourth-order valence-corrected chi connectivity index (χ4v) is 3.02. The van der Waals surface area contributed by atoms with Crippen molar-refractivity contribution in [2.75, 3.05) is 0 Å². The van der Waals surface area contributed by atoms with E-state index in [0.29, 0.717) is 28.8 Å². The fraction of sp³-hybridized carbons (Fsp3) is 0.143. The van der Waals surface area contributed by atoms with Crippen LogP contribution in [0.3, 0.4) is 0 Å². The highest BCUT2D eigenvalue weighted by Crippen LogP contribution is 2.19. The molecule has 7 nitrogen and oxygen atoms in total. The van der Waals surface area contributed by atoms with Gasteiger partial charge in [-0.25, -0.2) is 10.1 Å². The normalized spacial score (nSPS) is 11.9. The molecule has 0 spiro atoms. The van der Waals surface area contributed by atoms with Crippen LogP contribution in [0.5, 0.6) is 0 Å². The minimum absolute atomic E-state index is 0.151. The summed E-state index contributed by atoms with van der Waals surface area (Å²) in [6, 6.07) is 16.4. The number of hydrazone groups is 1. The van der Waals surface area contributed by atoms with E-state index in [4.69, 9.17) is 4.42 Å². The number of aryl methyl sites for hydroxylation is 1. The van der Waals surface area contributed by atoms with Crippen LogP contribution in [-0.4, -0.2) is 21.4 Å². The molecule has 0 fully saturated rings. The van der Waals surface area contributed by atoms with E-state index in [0.717, 1.165) is 11.0 Å². The number of fused-ring (bicyclic) bond motifs is 2. The first-order valence-electron chi connectivity index (χ1n) is 8.92. The summed E-state index contributed by atoms with van der Waals surface area (Å²) in [7, 11) is 0. The zero-order valence-electron chi connectivity index (χ0n) is 15.5. The number of amides is 1. The van der Waals surface area contributed by atoms with E-state index in [9.17, 15) is 9.59 Å². The molecule has 2 aromatic heterocycles. The minimum Gasteiger partial charge on any atom is -0.455 e. The average Bonchev–Trinajstić information content (AvgIpc) is 3.16. The van der Waals surface area contributed by atoms with Gasteiger partial charge in [0, 0.05) is 17.3 Å². The lowest BCUT2D eigenvalue weighted by Gasteiger charge is -2.08. The molecule has 2 aromatic carbocycles. The first kappa shape index (κ1) is 17.7. The Morgan fingerprint density at radius 2 is 1.86 bits per heavy atom. The van der Waals surface area contributed by atoms with Crippen molar-refractivity contribution in [1.82, 2.24) is 15.2 Å². The van der Waals surface area contributed by atoms with Crippen molar-refractivity contribution in [2.45, 2.75) is 20.4 Å². The van der Waals surface area contributed by atoms with Crippen molar-refractivity contribution in [1.29, 1.82) is 0 Å². The predicted octanol–water partition coefficient (Wildman–Crippen LogP) is 3.32. The third-order valence-corrected chi connectivity index (χ3v) is 4.49. The van der Waals surface area contributed by atoms with Crippen LogP contribution in [0, 0.1) is 0 Å². The van der Waals surface area contributed by atoms with Gasteiger partial charge in [-0.15, -0.1) is 0 Å². The van der Waals surface area contributed by atoms with Gasteiger partial charge in [-0.1, -0.05) is 36.4 Å². The smallest absolute Gasteiger partial charge is 0.292 e. The van der Waals surface area contributed by atoms with E-state index >= 15 is 0 Å². The molecule has 0 radical (unpaired) electrons. The number of rotatable bonds is 4. The van der Waals surface area contributed by atoms with Gasteiger partial charge in [0.15, 0.2) is 11.5 Å². The Bertz CT molecular complexity index is 1250. The van der Waals surface area contributed by atoms with Gasteiger partial charge >= 0.3 is 0 Å². The van der Waals surface area contributed by atoms with Crippen LogP contribution < -0.4 is 11.0 Å². The molecule has 0 bridgehead atoms. The average molecular weight is 374 g/mol. The van der Waals surface area contributed by atoms with E-state index in [-0.39, 0.29) is 11.3 Å². The largest absolute Gasteiger partial charge is 0.455 e. The Hall–Kier alpha value is -3.74. The highest BCUT2D eigenvalue weighted by atomic mass is 16.3. The zero-order chi connectivity index (χ0) is 19.7. The minimum atomic E-state index is -0.492. The van der Waals surface area contributed by atoms with Gasteiger partial charge < -0.3 is 4.42 Å². The number of carbonyl (C=O) groups is 1. The number of nitrogens with zero attached hydrogens (tertiary/aromatic N) is 3. The van der Waals surface area contributed by atoms with Crippen LogP contribution in [-0.2, 0) is 6.54 Å². The zero-order valence-corrected chi connectivity index (χ0v) is 15.5. The second-order valence-electron chi connectivity index (χ2n) is 6.30. The molecule has 4 aromatic rings. The third kappa shape index (κ3) is 3.07. The van der Waals surface area contributed by atoms with E-state index in [1.54, 1.807) is 38.1 Å². The molecule has 0 aliphatic heterocycles. The summed E-state index contributed by atoms with van der Waals surface area (Å²) in [5.74, 6) is 0.0757. The first-order chi connectivity index (χ1) is 13.6. The van der Waals surface area contributed by atoms with Crippen LogP contribution in [0.25, 0.3) is 21.7 Å². The summed E-state index contributed by atoms with van der Waals surface area (Å²) in [6.45, 7) is 3.91. The molecule has 0 atom stereocenters. The number of nitrogens with one attached hydrogen (secondary N) is 1. The number of para-hydroxylation sites is 1. The summed E-state index contributed by atoms with van der Waals surface area (Å²) in [5.41, 5.74) is 3.72. The maximum absolute atomic E-state index is 12.7. The summed E-state index contributed by atoms with van der Waals surface area (Å²) in [4.78, 5) is 25.1. The van der Waals surface area contributed by atoms with E-state index in [1.807, 2.05) is 30.3 Å². The molecule has 1 amide bonds. The summed E-state index contributed by atoms with van der Waals surface area (Å²) in [5, 5.41) is 10.2. The quantitative estimate of drug-likeness (QED) is 0.438. The molecule has 4 rings (SSSR count). The second kappa shape index (κ2) is 7.11. The number of benzene rings is 2. The van der Waals surface area contributed by atoms with Crippen LogP contribution in [0.1, 0.15) is 30.1 Å². The van der Waals surface area contributed by atoms with E-state index < -0.39 is 5.91 Å². The lowest BCUT2D eigenvalue weighted by molar-refractivity contribution is 0.0949. The van der Waals surface area contributed by atoms with Crippen LogP contribution >= 0.6 is 0 Å². The lowest BCUT2D eigenvalue weighted by Crippen LogP contribution is -2.28. The van der Waals surface area contributed by atoms with Crippen molar-refractivity contribution in [3.63, 3.8) is 0 Å². The topological polar surface area (TPSA) is 89.5 Å². The molecule has 2 heterocycles. The van der Waals surface area contributed by atoms with Crippen molar-refractivity contribution in [3.05, 3.63) is 76.4 Å². The Morgan fingerprint density at radius 3 is 2.61 bits per heavy atom. The van der Waals surface area contributed by atoms with Crippen LogP contribution in [0.4, 0.5) is 0 Å². The van der Waals surface area contributed by atoms with Gasteiger partial charge in [-0.3, -0.25) is 9.59 Å². The number of carbonyl (C=O) groups excluding carboxylic acids is 1. The van der Waals surface area contributed by atoms with Gasteiger partial charge in [0.1, 0.15) is 11.3 Å². The number of hydrogen-bond acceptors (Lipinski definition) is 5. The van der Waals surface area contributed by atoms with Crippen molar-refractivity contribution < 1.29 is 9.21 Å². The van der Waals surface area contributed by atoms with Gasteiger partial charge in [0.05, 0.1) is 5.39 Å². The van der Waals surface area contributed by atoms with Crippen molar-refractivity contribution in [3.8, 4) is 0 Å². The Kier molecular flexibility index (Phi) is 4.49. The molecule has 28 heavy (non-hydrogen) atoms. The Balaban J connectivity index is 1.67.